The summed E-state index contributed by atoms with van der Waals surface area (Å²) in [6.45, 7) is 2.79. The van der Waals surface area contributed by atoms with Crippen LogP contribution in [0.25, 0.3) is 0 Å². The van der Waals surface area contributed by atoms with Crippen molar-refractivity contribution in [3.8, 4) is 0 Å². The minimum absolute atomic E-state index is 0.0694. The van der Waals surface area contributed by atoms with E-state index in [2.05, 4.69) is 0 Å². The summed E-state index contributed by atoms with van der Waals surface area (Å²) in [4.78, 5) is 11.4. The lowest BCUT2D eigenvalue weighted by Crippen LogP contribution is -2.30. The van der Waals surface area contributed by atoms with Crippen LogP contribution in [-0.2, 0) is 12.7 Å². The minimum atomic E-state index is -4.57. The third-order valence-corrected chi connectivity index (χ3v) is 2.29. The lowest BCUT2D eigenvalue weighted by atomic mass is 10.1. The van der Waals surface area contributed by atoms with Gasteiger partial charge >= 0.3 is 6.18 Å². The highest BCUT2D eigenvalue weighted by molar-refractivity contribution is 5.10. The van der Waals surface area contributed by atoms with Gasteiger partial charge in [0.1, 0.15) is 5.69 Å². The molecule has 1 aromatic heterocycles. The highest BCUT2D eigenvalue weighted by atomic mass is 19.4. The molecule has 0 bridgehead atoms. The third-order valence-electron chi connectivity index (χ3n) is 2.29. The van der Waals surface area contributed by atoms with E-state index in [1.807, 2.05) is 0 Å². The predicted molar refractivity (Wildman–Crippen MR) is 56.6 cm³/mol. The van der Waals surface area contributed by atoms with Gasteiger partial charge in [-0.2, -0.15) is 13.2 Å². The second-order valence-corrected chi connectivity index (χ2v) is 4.46. The Morgan fingerprint density at radius 1 is 1.29 bits per heavy atom. The van der Waals surface area contributed by atoms with Crippen molar-refractivity contribution < 1.29 is 18.3 Å². The van der Waals surface area contributed by atoms with Crippen LogP contribution < -0.4 is 5.56 Å². The van der Waals surface area contributed by atoms with E-state index in [0.717, 1.165) is 18.2 Å². The molecule has 0 atom stereocenters. The number of alkyl halides is 3. The van der Waals surface area contributed by atoms with Gasteiger partial charge in [0.2, 0.25) is 0 Å². The summed E-state index contributed by atoms with van der Waals surface area (Å²) in [5.74, 6) is 0. The van der Waals surface area contributed by atoms with Crippen molar-refractivity contribution in [3.05, 3.63) is 34.2 Å². The normalized spacial score (nSPS) is 12.8. The molecule has 1 aromatic rings. The van der Waals surface area contributed by atoms with Gasteiger partial charge in [-0.25, -0.2) is 0 Å². The number of halogens is 3. The van der Waals surface area contributed by atoms with E-state index in [1.165, 1.54) is 13.8 Å². The van der Waals surface area contributed by atoms with Crippen molar-refractivity contribution >= 4 is 0 Å². The summed E-state index contributed by atoms with van der Waals surface area (Å²) in [5, 5.41) is 9.47. The molecule has 0 amide bonds. The van der Waals surface area contributed by atoms with Gasteiger partial charge in [-0.15, -0.1) is 0 Å². The molecule has 0 aromatic carbocycles. The molecule has 0 aliphatic carbocycles. The molecule has 0 radical (unpaired) electrons. The van der Waals surface area contributed by atoms with Crippen molar-refractivity contribution in [2.45, 2.75) is 38.6 Å². The first-order valence-corrected chi connectivity index (χ1v) is 5.11. The maximum atomic E-state index is 12.6. The fourth-order valence-corrected chi connectivity index (χ4v) is 1.38. The molecule has 6 heteroatoms. The topological polar surface area (TPSA) is 42.2 Å². The fourth-order valence-electron chi connectivity index (χ4n) is 1.38. The molecule has 1 heterocycles. The first-order chi connectivity index (χ1) is 7.61. The predicted octanol–water partition coefficient (Wildman–Crippen LogP) is 2.03. The van der Waals surface area contributed by atoms with Crippen molar-refractivity contribution in [1.29, 1.82) is 0 Å². The van der Waals surface area contributed by atoms with E-state index in [0.29, 0.717) is 4.57 Å². The molecule has 0 spiro atoms. The van der Waals surface area contributed by atoms with Gasteiger partial charge in [-0.1, -0.05) is 6.07 Å². The first-order valence-electron chi connectivity index (χ1n) is 5.11. The minimum Gasteiger partial charge on any atom is -0.390 e. The molecule has 0 aliphatic rings. The Morgan fingerprint density at radius 3 is 2.35 bits per heavy atom. The zero-order valence-corrected chi connectivity index (χ0v) is 9.58. The SMILES string of the molecule is CC(C)(O)CCn1c(C(F)(F)F)cccc1=O. The number of hydrogen-bond donors (Lipinski definition) is 1. The number of aromatic nitrogens is 1. The lowest BCUT2D eigenvalue weighted by molar-refractivity contribution is -0.144. The van der Waals surface area contributed by atoms with Crippen LogP contribution in [0.3, 0.4) is 0 Å². The smallest absolute Gasteiger partial charge is 0.390 e. The zero-order valence-electron chi connectivity index (χ0n) is 9.58. The molecule has 0 fully saturated rings. The van der Waals surface area contributed by atoms with E-state index < -0.39 is 23.0 Å². The second kappa shape index (κ2) is 4.52. The van der Waals surface area contributed by atoms with Crippen molar-refractivity contribution in [2.24, 2.45) is 0 Å². The summed E-state index contributed by atoms with van der Waals surface area (Å²) in [5.41, 5.74) is -2.82. The molecule has 0 unspecified atom stereocenters. The Morgan fingerprint density at radius 2 is 1.88 bits per heavy atom. The Labute approximate surface area is 96.5 Å². The molecule has 1 N–H and O–H groups in total. The third kappa shape index (κ3) is 3.89. The van der Waals surface area contributed by atoms with E-state index in [1.54, 1.807) is 0 Å². The summed E-state index contributed by atoms with van der Waals surface area (Å²) in [6, 6.07) is 3.00. The zero-order chi connectivity index (χ0) is 13.3. The van der Waals surface area contributed by atoms with Gasteiger partial charge in [0.05, 0.1) is 5.60 Å². The standard InChI is InChI=1S/C11H14F3NO2/c1-10(2,17)6-7-15-8(11(12,13)14)4-3-5-9(15)16/h3-5,17H,6-7H2,1-2H3. The van der Waals surface area contributed by atoms with Gasteiger partial charge in [-0.3, -0.25) is 4.79 Å². The van der Waals surface area contributed by atoms with Crippen LogP contribution in [0, 0.1) is 0 Å². The van der Waals surface area contributed by atoms with Crippen LogP contribution in [0.5, 0.6) is 0 Å². The van der Waals surface area contributed by atoms with Crippen LogP contribution >= 0.6 is 0 Å². The molecule has 3 nitrogen and oxygen atoms in total. The first kappa shape index (κ1) is 13.8. The molecule has 96 valence electrons. The molecular formula is C11H14F3NO2. The maximum Gasteiger partial charge on any atom is 0.431 e. The van der Waals surface area contributed by atoms with Gasteiger partial charge in [0, 0.05) is 12.6 Å². The van der Waals surface area contributed by atoms with Crippen LogP contribution in [0.1, 0.15) is 26.0 Å². The molecule has 1 rings (SSSR count). The molecule has 0 aliphatic heterocycles. The number of aliphatic hydroxyl groups is 1. The molecule has 0 saturated heterocycles. The van der Waals surface area contributed by atoms with Crippen molar-refractivity contribution in [1.82, 2.24) is 4.57 Å². The Bertz CT molecular complexity index is 443. The lowest BCUT2D eigenvalue weighted by Gasteiger charge is -2.20. The number of pyridine rings is 1. The van der Waals surface area contributed by atoms with E-state index in [4.69, 9.17) is 0 Å². The van der Waals surface area contributed by atoms with Gasteiger partial charge < -0.3 is 9.67 Å². The number of nitrogens with zero attached hydrogens (tertiary/aromatic N) is 1. The van der Waals surface area contributed by atoms with Crippen LogP contribution in [-0.4, -0.2) is 15.3 Å². The van der Waals surface area contributed by atoms with Gasteiger partial charge in [0.15, 0.2) is 0 Å². The van der Waals surface area contributed by atoms with Gasteiger partial charge in [0.25, 0.3) is 5.56 Å². The average molecular weight is 249 g/mol. The Hall–Kier alpha value is -1.30. The summed E-state index contributed by atoms with van der Waals surface area (Å²) < 4.78 is 38.5. The van der Waals surface area contributed by atoms with Crippen LogP contribution in [0.2, 0.25) is 0 Å². The quantitative estimate of drug-likeness (QED) is 0.890. The van der Waals surface area contributed by atoms with Crippen molar-refractivity contribution in [3.63, 3.8) is 0 Å². The highest BCUT2D eigenvalue weighted by Crippen LogP contribution is 2.28. The van der Waals surface area contributed by atoms with E-state index >= 15 is 0 Å². The average Bonchev–Trinajstić information content (AvgIpc) is 2.12. The number of hydrogen-bond acceptors (Lipinski definition) is 2. The van der Waals surface area contributed by atoms with E-state index in [9.17, 15) is 23.1 Å². The maximum absolute atomic E-state index is 12.6. The number of rotatable bonds is 3. The van der Waals surface area contributed by atoms with Crippen LogP contribution in [0.4, 0.5) is 13.2 Å². The van der Waals surface area contributed by atoms with E-state index in [-0.39, 0.29) is 13.0 Å². The summed E-state index contributed by atoms with van der Waals surface area (Å²) in [6.07, 6.45) is -4.50. The Balaban J connectivity index is 3.10. The molecular weight excluding hydrogens is 235 g/mol. The largest absolute Gasteiger partial charge is 0.431 e. The summed E-state index contributed by atoms with van der Waals surface area (Å²) in [7, 11) is 0. The molecule has 0 saturated carbocycles. The Kier molecular flexibility index (Phi) is 3.66. The molecule has 17 heavy (non-hydrogen) atoms. The fraction of sp³-hybridized carbons (Fsp3) is 0.545. The monoisotopic (exact) mass is 249 g/mol. The van der Waals surface area contributed by atoms with Gasteiger partial charge in [-0.05, 0) is 26.3 Å². The summed E-state index contributed by atoms with van der Waals surface area (Å²) >= 11 is 0. The highest BCUT2D eigenvalue weighted by Gasteiger charge is 2.34. The second-order valence-electron chi connectivity index (χ2n) is 4.46. The van der Waals surface area contributed by atoms with Crippen molar-refractivity contribution in [2.75, 3.05) is 0 Å². The van der Waals surface area contributed by atoms with Crippen LogP contribution in [0.15, 0.2) is 23.0 Å².